The van der Waals surface area contributed by atoms with E-state index in [9.17, 15) is 9.90 Å². The summed E-state index contributed by atoms with van der Waals surface area (Å²) < 4.78 is 0. The van der Waals surface area contributed by atoms with E-state index in [0.29, 0.717) is 18.8 Å². The van der Waals surface area contributed by atoms with E-state index >= 15 is 0 Å². The molecule has 24 heavy (non-hydrogen) atoms. The summed E-state index contributed by atoms with van der Waals surface area (Å²) >= 11 is 0. The van der Waals surface area contributed by atoms with Crippen molar-refractivity contribution in [3.8, 4) is 11.5 Å². The van der Waals surface area contributed by atoms with Crippen molar-refractivity contribution >= 4 is 16.9 Å². The Hall–Kier alpha value is -2.67. The number of benzene rings is 1. The number of hydrogen-bond donors (Lipinski definition) is 3. The number of rotatable bonds is 3. The van der Waals surface area contributed by atoms with Crippen LogP contribution in [-0.4, -0.2) is 48.2 Å². The highest BCUT2D eigenvalue weighted by molar-refractivity contribution is 5.91. The van der Waals surface area contributed by atoms with E-state index in [1.165, 1.54) is 0 Å². The van der Waals surface area contributed by atoms with Crippen LogP contribution in [0.5, 0.6) is 0 Å². The number of H-pyrrole nitrogens is 2. The second-order valence-corrected chi connectivity index (χ2v) is 6.45. The van der Waals surface area contributed by atoms with Gasteiger partial charge in [0.25, 0.3) is 0 Å². The first kappa shape index (κ1) is 14.9. The maximum atomic E-state index is 11.6. The number of aliphatic carboxylic acids is 1. The van der Waals surface area contributed by atoms with E-state index in [1.807, 2.05) is 43.0 Å². The number of carbonyl (C=O) groups is 1. The Morgan fingerprint density at radius 2 is 2.17 bits per heavy atom. The van der Waals surface area contributed by atoms with Crippen molar-refractivity contribution < 1.29 is 9.90 Å². The van der Waals surface area contributed by atoms with Crippen LogP contribution in [0.4, 0.5) is 0 Å². The van der Waals surface area contributed by atoms with Gasteiger partial charge in [-0.1, -0.05) is 18.2 Å². The highest BCUT2D eigenvalue weighted by atomic mass is 16.4. The number of carboxylic acid groups (broad SMARTS) is 1. The van der Waals surface area contributed by atoms with Crippen molar-refractivity contribution in [3.63, 3.8) is 0 Å². The minimum Gasteiger partial charge on any atom is -0.480 e. The molecule has 4 rings (SSSR count). The molecule has 0 radical (unpaired) electrons. The molecule has 3 N–H and O–H groups in total. The lowest BCUT2D eigenvalue weighted by atomic mass is 10.0. The van der Waals surface area contributed by atoms with Crippen molar-refractivity contribution in [3.05, 3.63) is 35.7 Å². The summed E-state index contributed by atoms with van der Waals surface area (Å²) in [4.78, 5) is 21.6. The molecule has 2 aromatic heterocycles. The lowest BCUT2D eigenvalue weighted by Gasteiger charge is -2.35. The van der Waals surface area contributed by atoms with Crippen LogP contribution < -0.4 is 0 Å². The van der Waals surface area contributed by atoms with Gasteiger partial charge in [-0.2, -0.15) is 5.10 Å². The van der Waals surface area contributed by atoms with Crippen LogP contribution in [0.2, 0.25) is 0 Å². The van der Waals surface area contributed by atoms with Crippen LogP contribution in [0, 0.1) is 0 Å². The van der Waals surface area contributed by atoms with Gasteiger partial charge >= 0.3 is 5.97 Å². The summed E-state index contributed by atoms with van der Waals surface area (Å²) in [6, 6.07) is 7.49. The molecule has 1 atom stereocenters. The minimum atomic E-state index is -0.802. The zero-order chi connectivity index (χ0) is 16.8. The molecule has 1 unspecified atom stereocenters. The van der Waals surface area contributed by atoms with Crippen molar-refractivity contribution in [2.75, 3.05) is 0 Å². The summed E-state index contributed by atoms with van der Waals surface area (Å²) in [5.41, 5.74) is 3.52. The van der Waals surface area contributed by atoms with Gasteiger partial charge in [0.05, 0.1) is 16.9 Å². The highest BCUT2D eigenvalue weighted by Gasteiger charge is 2.35. The summed E-state index contributed by atoms with van der Waals surface area (Å²) in [6.45, 7) is 4.58. The largest absolute Gasteiger partial charge is 0.480 e. The Morgan fingerprint density at radius 3 is 2.92 bits per heavy atom. The smallest absolute Gasteiger partial charge is 0.321 e. The molecule has 1 aliphatic heterocycles. The third kappa shape index (κ3) is 2.28. The van der Waals surface area contributed by atoms with E-state index in [0.717, 1.165) is 28.0 Å². The Kier molecular flexibility index (Phi) is 3.38. The third-order valence-corrected chi connectivity index (χ3v) is 4.64. The maximum Gasteiger partial charge on any atom is 0.321 e. The first-order valence-corrected chi connectivity index (χ1v) is 8.04. The van der Waals surface area contributed by atoms with Crippen LogP contribution in [0.15, 0.2) is 24.3 Å². The van der Waals surface area contributed by atoms with Crippen molar-refractivity contribution in [2.45, 2.75) is 38.9 Å². The average molecular weight is 325 g/mol. The van der Waals surface area contributed by atoms with E-state index in [-0.39, 0.29) is 6.04 Å². The van der Waals surface area contributed by atoms with Gasteiger partial charge in [-0.25, -0.2) is 4.98 Å². The second kappa shape index (κ2) is 5.45. The molecule has 0 spiro atoms. The molecule has 124 valence electrons. The standard InChI is InChI=1S/C17H19N5O2/c1-9(2)22-8-13-12(7-14(22)17(23)24)18-16(19-13)15-10-5-3-4-6-11(10)20-21-15/h3-6,9,14H,7-8H2,1-2H3,(H,18,19)(H,20,21)(H,23,24). The van der Waals surface area contributed by atoms with Gasteiger partial charge in [-0.3, -0.25) is 14.8 Å². The SMILES string of the molecule is CC(C)N1Cc2[nH]c(-c3n[nH]c4ccccc34)nc2CC1C(=O)O. The number of aromatic amines is 2. The number of imidazole rings is 1. The molecule has 7 nitrogen and oxygen atoms in total. The lowest BCUT2D eigenvalue weighted by Crippen LogP contribution is -2.48. The predicted octanol–water partition coefficient (Wildman–Crippen LogP) is 2.17. The fraction of sp³-hybridized carbons (Fsp3) is 0.353. The normalized spacial score (nSPS) is 18.2. The number of carboxylic acids is 1. The van der Waals surface area contributed by atoms with E-state index < -0.39 is 12.0 Å². The summed E-state index contributed by atoms with van der Waals surface area (Å²) in [5.74, 6) is -0.115. The number of fused-ring (bicyclic) bond motifs is 2. The Morgan fingerprint density at radius 1 is 1.38 bits per heavy atom. The van der Waals surface area contributed by atoms with Crippen molar-refractivity contribution in [2.24, 2.45) is 0 Å². The lowest BCUT2D eigenvalue weighted by molar-refractivity contribution is -0.144. The van der Waals surface area contributed by atoms with Crippen LogP contribution >= 0.6 is 0 Å². The molecule has 1 aliphatic rings. The molecule has 3 heterocycles. The molecule has 0 fully saturated rings. The van der Waals surface area contributed by atoms with Gasteiger partial charge in [0.15, 0.2) is 5.82 Å². The van der Waals surface area contributed by atoms with Gasteiger partial charge in [0.1, 0.15) is 11.7 Å². The molecule has 0 saturated carbocycles. The molecule has 0 amide bonds. The number of hydrogen-bond acceptors (Lipinski definition) is 4. The fourth-order valence-electron chi connectivity index (χ4n) is 3.37. The van der Waals surface area contributed by atoms with E-state index in [2.05, 4.69) is 20.2 Å². The minimum absolute atomic E-state index is 0.150. The Balaban J connectivity index is 1.76. The molecule has 0 saturated heterocycles. The number of aromatic nitrogens is 4. The molecule has 3 aromatic rings. The molecular weight excluding hydrogens is 306 g/mol. The van der Waals surface area contributed by atoms with Crippen molar-refractivity contribution in [1.29, 1.82) is 0 Å². The fourth-order valence-corrected chi connectivity index (χ4v) is 3.37. The zero-order valence-electron chi connectivity index (χ0n) is 13.6. The first-order chi connectivity index (χ1) is 11.5. The predicted molar refractivity (Wildman–Crippen MR) is 89.5 cm³/mol. The quantitative estimate of drug-likeness (QED) is 0.685. The molecular formula is C17H19N5O2. The summed E-state index contributed by atoms with van der Waals surface area (Å²) in [7, 11) is 0. The van der Waals surface area contributed by atoms with Crippen molar-refractivity contribution in [1.82, 2.24) is 25.1 Å². The topological polar surface area (TPSA) is 97.9 Å². The molecule has 1 aromatic carbocycles. The van der Waals surface area contributed by atoms with E-state index in [1.54, 1.807) is 0 Å². The molecule has 0 aliphatic carbocycles. The van der Waals surface area contributed by atoms with Crippen LogP contribution in [0.3, 0.4) is 0 Å². The molecule has 0 bridgehead atoms. The van der Waals surface area contributed by atoms with Crippen LogP contribution in [-0.2, 0) is 17.8 Å². The summed E-state index contributed by atoms with van der Waals surface area (Å²) in [5, 5.41) is 17.9. The number of para-hydroxylation sites is 1. The Bertz CT molecular complexity index is 911. The van der Waals surface area contributed by atoms with Crippen LogP contribution in [0.25, 0.3) is 22.4 Å². The first-order valence-electron chi connectivity index (χ1n) is 8.04. The molecule has 7 heteroatoms. The zero-order valence-corrected chi connectivity index (χ0v) is 13.6. The summed E-state index contributed by atoms with van der Waals surface area (Å²) in [6.07, 6.45) is 0.404. The van der Waals surface area contributed by atoms with Crippen LogP contribution in [0.1, 0.15) is 25.2 Å². The highest BCUT2D eigenvalue weighted by Crippen LogP contribution is 2.29. The van der Waals surface area contributed by atoms with Gasteiger partial charge in [0, 0.05) is 24.4 Å². The third-order valence-electron chi connectivity index (χ3n) is 4.64. The van der Waals surface area contributed by atoms with Gasteiger partial charge in [-0.15, -0.1) is 0 Å². The average Bonchev–Trinajstić information content (AvgIpc) is 3.16. The van der Waals surface area contributed by atoms with E-state index in [4.69, 9.17) is 0 Å². The number of nitrogens with zero attached hydrogens (tertiary/aromatic N) is 3. The second-order valence-electron chi connectivity index (χ2n) is 6.45. The van der Waals surface area contributed by atoms with Gasteiger partial charge < -0.3 is 10.1 Å². The number of nitrogens with one attached hydrogen (secondary N) is 2. The van der Waals surface area contributed by atoms with Gasteiger partial charge in [-0.05, 0) is 19.9 Å². The van der Waals surface area contributed by atoms with Gasteiger partial charge in [0.2, 0.25) is 0 Å². The monoisotopic (exact) mass is 325 g/mol. The maximum absolute atomic E-state index is 11.6. The Labute approximate surface area is 138 Å².